The van der Waals surface area contributed by atoms with Crippen molar-refractivity contribution in [2.24, 2.45) is 0 Å². The van der Waals surface area contributed by atoms with Gasteiger partial charge in [-0.2, -0.15) is 0 Å². The van der Waals surface area contributed by atoms with E-state index < -0.39 is 23.3 Å². The minimum Gasteiger partial charge on any atom is -0.378 e. The maximum atomic E-state index is 13.3. The lowest BCUT2D eigenvalue weighted by atomic mass is 9.80. The van der Waals surface area contributed by atoms with Crippen LogP contribution in [0.2, 0.25) is 0 Å². The van der Waals surface area contributed by atoms with E-state index >= 15 is 0 Å². The van der Waals surface area contributed by atoms with E-state index in [0.29, 0.717) is 33.4 Å². The molecular formula is C38H36N2O4. The molecule has 0 aromatic heterocycles. The molecule has 0 spiro atoms. The highest BCUT2D eigenvalue weighted by Gasteiger charge is 2.40. The van der Waals surface area contributed by atoms with E-state index in [1.54, 1.807) is 38.1 Å². The SMILES string of the molecule is C[C@H](NC(=O)c1ccc(C(=O)N[C@@H](C)C(O)(c2ccccc2)c2ccccc2)cc1)C(O)(c1ccccc1)c1ccccc1. The number of benzene rings is 5. The van der Waals surface area contributed by atoms with Crippen LogP contribution < -0.4 is 10.6 Å². The summed E-state index contributed by atoms with van der Waals surface area (Å²) in [4.78, 5) is 26.6. The Morgan fingerprint density at radius 1 is 0.455 bits per heavy atom. The molecule has 4 N–H and O–H groups in total. The van der Waals surface area contributed by atoms with Crippen LogP contribution in [0, 0.1) is 0 Å². The van der Waals surface area contributed by atoms with Crippen LogP contribution in [-0.2, 0) is 11.2 Å². The minimum atomic E-state index is -1.47. The largest absolute Gasteiger partial charge is 0.378 e. The number of amides is 2. The first-order valence-corrected chi connectivity index (χ1v) is 14.6. The summed E-state index contributed by atoms with van der Waals surface area (Å²) in [5.74, 6) is -0.767. The van der Waals surface area contributed by atoms with Crippen LogP contribution in [0.1, 0.15) is 56.8 Å². The third-order valence-corrected chi connectivity index (χ3v) is 8.21. The number of carbonyl (C=O) groups excluding carboxylic acids is 2. The molecular weight excluding hydrogens is 548 g/mol. The predicted molar refractivity (Wildman–Crippen MR) is 172 cm³/mol. The summed E-state index contributed by atoms with van der Waals surface area (Å²) in [6.07, 6.45) is 0. The molecule has 2 amide bonds. The van der Waals surface area contributed by atoms with Crippen molar-refractivity contribution in [3.8, 4) is 0 Å². The van der Waals surface area contributed by atoms with Crippen molar-refractivity contribution in [1.82, 2.24) is 10.6 Å². The molecule has 2 atom stereocenters. The highest BCUT2D eigenvalue weighted by molar-refractivity contribution is 5.98. The molecule has 0 aliphatic rings. The van der Waals surface area contributed by atoms with Gasteiger partial charge in [0.05, 0.1) is 12.1 Å². The molecule has 5 aromatic rings. The monoisotopic (exact) mass is 584 g/mol. The number of hydrogen-bond donors (Lipinski definition) is 4. The molecule has 0 saturated carbocycles. The van der Waals surface area contributed by atoms with Gasteiger partial charge < -0.3 is 20.8 Å². The van der Waals surface area contributed by atoms with E-state index in [1.165, 1.54) is 0 Å². The number of aliphatic hydroxyl groups is 2. The van der Waals surface area contributed by atoms with Crippen LogP contribution in [0.3, 0.4) is 0 Å². The second-order valence-corrected chi connectivity index (χ2v) is 11.0. The molecule has 0 heterocycles. The van der Waals surface area contributed by atoms with Crippen molar-refractivity contribution < 1.29 is 19.8 Å². The molecule has 222 valence electrons. The van der Waals surface area contributed by atoms with Crippen molar-refractivity contribution in [3.05, 3.63) is 179 Å². The molecule has 0 aliphatic carbocycles. The Morgan fingerprint density at radius 2 is 0.682 bits per heavy atom. The molecule has 0 radical (unpaired) electrons. The summed E-state index contributed by atoms with van der Waals surface area (Å²) in [5.41, 5.74) is 0.379. The number of nitrogens with one attached hydrogen (secondary N) is 2. The van der Waals surface area contributed by atoms with E-state index in [2.05, 4.69) is 10.6 Å². The highest BCUT2D eigenvalue weighted by Crippen LogP contribution is 2.34. The first-order chi connectivity index (χ1) is 21.2. The topological polar surface area (TPSA) is 98.7 Å². The predicted octanol–water partition coefficient (Wildman–Crippen LogP) is 5.80. The Labute approximate surface area is 258 Å². The zero-order valence-corrected chi connectivity index (χ0v) is 24.7. The van der Waals surface area contributed by atoms with Gasteiger partial charge in [0, 0.05) is 11.1 Å². The lowest BCUT2D eigenvalue weighted by Gasteiger charge is -2.36. The van der Waals surface area contributed by atoms with Gasteiger partial charge in [-0.25, -0.2) is 0 Å². The highest BCUT2D eigenvalue weighted by atomic mass is 16.3. The molecule has 0 aliphatic heterocycles. The van der Waals surface area contributed by atoms with E-state index in [9.17, 15) is 19.8 Å². The lowest BCUT2D eigenvalue weighted by Crippen LogP contribution is -2.50. The maximum absolute atomic E-state index is 13.3. The zero-order chi connectivity index (χ0) is 31.2. The number of carbonyl (C=O) groups is 2. The van der Waals surface area contributed by atoms with E-state index in [0.717, 1.165) is 0 Å². The van der Waals surface area contributed by atoms with Gasteiger partial charge in [0.2, 0.25) is 0 Å². The number of rotatable bonds is 10. The molecule has 5 aromatic carbocycles. The fourth-order valence-corrected chi connectivity index (χ4v) is 5.64. The quantitative estimate of drug-likeness (QED) is 0.167. The molecule has 44 heavy (non-hydrogen) atoms. The second-order valence-electron chi connectivity index (χ2n) is 11.0. The van der Waals surface area contributed by atoms with Gasteiger partial charge in [0.25, 0.3) is 11.8 Å². The summed E-state index contributed by atoms with van der Waals surface area (Å²) < 4.78 is 0. The van der Waals surface area contributed by atoms with Gasteiger partial charge in [-0.3, -0.25) is 9.59 Å². The van der Waals surface area contributed by atoms with Gasteiger partial charge in [0.1, 0.15) is 11.2 Å². The van der Waals surface area contributed by atoms with Crippen molar-refractivity contribution in [2.75, 3.05) is 0 Å². The third kappa shape index (κ3) is 6.04. The van der Waals surface area contributed by atoms with Crippen molar-refractivity contribution in [3.63, 3.8) is 0 Å². The zero-order valence-electron chi connectivity index (χ0n) is 24.7. The Kier molecular flexibility index (Phi) is 9.04. The summed E-state index contributed by atoms with van der Waals surface area (Å²) in [6.45, 7) is 3.53. The first-order valence-electron chi connectivity index (χ1n) is 14.6. The summed E-state index contributed by atoms with van der Waals surface area (Å²) in [6, 6.07) is 41.9. The van der Waals surface area contributed by atoms with Gasteiger partial charge in [-0.15, -0.1) is 0 Å². The van der Waals surface area contributed by atoms with Crippen molar-refractivity contribution >= 4 is 11.8 Å². The Hall–Kier alpha value is -5.04. The summed E-state index contributed by atoms with van der Waals surface area (Å²) in [7, 11) is 0. The van der Waals surface area contributed by atoms with Gasteiger partial charge >= 0.3 is 0 Å². The minimum absolute atomic E-state index is 0.343. The molecule has 0 fully saturated rings. The Balaban J connectivity index is 1.32. The fraction of sp³-hybridized carbons (Fsp3) is 0.158. The van der Waals surface area contributed by atoms with E-state index in [4.69, 9.17) is 0 Å². The molecule has 6 heteroatoms. The van der Waals surface area contributed by atoms with Crippen LogP contribution in [0.5, 0.6) is 0 Å². The maximum Gasteiger partial charge on any atom is 0.251 e. The van der Waals surface area contributed by atoms with Crippen LogP contribution in [0.25, 0.3) is 0 Å². The van der Waals surface area contributed by atoms with Gasteiger partial charge in [0.15, 0.2) is 0 Å². The first kappa shape index (κ1) is 30.4. The van der Waals surface area contributed by atoms with Crippen LogP contribution in [-0.4, -0.2) is 34.1 Å². The summed E-state index contributed by atoms with van der Waals surface area (Å²) in [5, 5.41) is 29.8. The van der Waals surface area contributed by atoms with Crippen LogP contribution >= 0.6 is 0 Å². The van der Waals surface area contributed by atoms with E-state index in [-0.39, 0.29) is 11.8 Å². The normalized spacial score (nSPS) is 13.0. The van der Waals surface area contributed by atoms with Gasteiger partial charge in [-0.1, -0.05) is 121 Å². The molecule has 0 saturated heterocycles. The average molecular weight is 585 g/mol. The standard InChI is InChI=1S/C38H36N2O4/c1-27(37(43,31-15-7-3-8-16-31)32-17-9-4-10-18-32)39-35(41)29-23-25-30(26-24-29)36(42)40-28(2)38(44,33-19-11-5-12-20-33)34-21-13-6-14-22-34/h3-28,43-44H,1-2H3,(H,39,41)(H,40,42)/t27-,28-/m0/s1. The fourth-order valence-electron chi connectivity index (χ4n) is 5.64. The summed E-state index contributed by atoms with van der Waals surface area (Å²) >= 11 is 0. The smallest absolute Gasteiger partial charge is 0.251 e. The molecule has 5 rings (SSSR count). The Bertz CT molecular complexity index is 1470. The average Bonchev–Trinajstić information content (AvgIpc) is 3.09. The molecule has 0 unspecified atom stereocenters. The lowest BCUT2D eigenvalue weighted by molar-refractivity contribution is 0.0403. The van der Waals surface area contributed by atoms with Crippen molar-refractivity contribution in [2.45, 2.75) is 37.1 Å². The van der Waals surface area contributed by atoms with Gasteiger partial charge in [-0.05, 0) is 60.4 Å². The van der Waals surface area contributed by atoms with E-state index in [1.807, 2.05) is 121 Å². The molecule has 6 nitrogen and oxygen atoms in total. The van der Waals surface area contributed by atoms with Crippen LogP contribution in [0.15, 0.2) is 146 Å². The second kappa shape index (κ2) is 13.1. The van der Waals surface area contributed by atoms with Crippen molar-refractivity contribution in [1.29, 1.82) is 0 Å². The molecule has 0 bridgehead atoms. The van der Waals surface area contributed by atoms with Crippen LogP contribution in [0.4, 0.5) is 0 Å². The third-order valence-electron chi connectivity index (χ3n) is 8.21. The number of hydrogen-bond acceptors (Lipinski definition) is 4. The Morgan fingerprint density at radius 3 is 0.909 bits per heavy atom.